The topological polar surface area (TPSA) is 69.3 Å². The number of fused-ring (bicyclic) bond motifs is 1. The van der Waals surface area contributed by atoms with Gasteiger partial charge in [-0.2, -0.15) is 0 Å². The van der Waals surface area contributed by atoms with Gasteiger partial charge in [-0.15, -0.1) is 0 Å². The van der Waals surface area contributed by atoms with E-state index in [4.69, 9.17) is 10.5 Å². The number of rotatable bonds is 9. The predicted molar refractivity (Wildman–Crippen MR) is 93.6 cm³/mol. The van der Waals surface area contributed by atoms with Crippen molar-refractivity contribution in [2.24, 2.45) is 5.73 Å². The van der Waals surface area contributed by atoms with Crippen LogP contribution in [-0.4, -0.2) is 29.7 Å². The Morgan fingerprint density at radius 3 is 2.87 bits per heavy atom. The molecule has 0 spiro atoms. The Bertz CT molecular complexity index is 636. The van der Waals surface area contributed by atoms with Gasteiger partial charge in [-0.1, -0.05) is 13.3 Å². The number of hydrogen-bond acceptors (Lipinski definition) is 3. The van der Waals surface area contributed by atoms with E-state index in [1.165, 1.54) is 0 Å². The average molecular weight is 317 g/mol. The molecule has 2 aromatic rings. The van der Waals surface area contributed by atoms with Gasteiger partial charge in [0, 0.05) is 36.7 Å². The smallest absolute Gasteiger partial charge is 0.223 e. The molecule has 0 saturated heterocycles. The van der Waals surface area contributed by atoms with Crippen LogP contribution in [0.1, 0.15) is 33.1 Å². The maximum Gasteiger partial charge on any atom is 0.223 e. The van der Waals surface area contributed by atoms with Crippen LogP contribution in [0.2, 0.25) is 0 Å². The number of carbonyl (C=O) groups excluding carboxylic acids is 1. The molecule has 1 atom stereocenters. The standard InChI is InChI=1S/C18H27N3O2/c1-3-5-15(13-18(22)20-4-2)23-16-6-7-17-14(12-16)8-10-21(17)11-9-19/h6-8,10,12,15H,3-5,9,11,13,19H2,1-2H3,(H,20,22). The Balaban J connectivity index is 2.09. The monoisotopic (exact) mass is 317 g/mol. The molecule has 0 aliphatic heterocycles. The first-order valence-electron chi connectivity index (χ1n) is 8.40. The first kappa shape index (κ1) is 17.3. The number of nitrogens with two attached hydrogens (primary N) is 1. The third-order valence-electron chi connectivity index (χ3n) is 3.81. The minimum absolute atomic E-state index is 0.0427. The van der Waals surface area contributed by atoms with E-state index >= 15 is 0 Å². The minimum atomic E-state index is -0.0878. The number of nitrogens with one attached hydrogen (secondary N) is 1. The molecule has 0 radical (unpaired) electrons. The predicted octanol–water partition coefficient (Wildman–Crippen LogP) is 2.67. The van der Waals surface area contributed by atoms with Crippen molar-refractivity contribution in [2.45, 2.75) is 45.8 Å². The molecule has 1 unspecified atom stereocenters. The highest BCUT2D eigenvalue weighted by molar-refractivity contribution is 5.81. The van der Waals surface area contributed by atoms with E-state index in [1.54, 1.807) is 0 Å². The van der Waals surface area contributed by atoms with Crippen molar-refractivity contribution >= 4 is 16.8 Å². The largest absolute Gasteiger partial charge is 0.490 e. The second-order valence-corrected chi connectivity index (χ2v) is 5.70. The molecule has 3 N–H and O–H groups in total. The van der Waals surface area contributed by atoms with Gasteiger partial charge in [0.2, 0.25) is 5.91 Å². The van der Waals surface area contributed by atoms with Crippen LogP contribution in [0.4, 0.5) is 0 Å². The molecule has 23 heavy (non-hydrogen) atoms. The van der Waals surface area contributed by atoms with Crippen molar-refractivity contribution < 1.29 is 9.53 Å². The zero-order valence-corrected chi connectivity index (χ0v) is 14.0. The van der Waals surface area contributed by atoms with Crippen molar-refractivity contribution in [3.63, 3.8) is 0 Å². The van der Waals surface area contributed by atoms with Gasteiger partial charge in [-0.3, -0.25) is 4.79 Å². The lowest BCUT2D eigenvalue weighted by Gasteiger charge is -2.18. The van der Waals surface area contributed by atoms with Crippen molar-refractivity contribution in [1.82, 2.24) is 9.88 Å². The summed E-state index contributed by atoms with van der Waals surface area (Å²) in [5.74, 6) is 0.854. The van der Waals surface area contributed by atoms with Crippen LogP contribution in [-0.2, 0) is 11.3 Å². The minimum Gasteiger partial charge on any atom is -0.490 e. The second-order valence-electron chi connectivity index (χ2n) is 5.70. The zero-order valence-electron chi connectivity index (χ0n) is 14.0. The van der Waals surface area contributed by atoms with Gasteiger partial charge in [0.25, 0.3) is 0 Å². The van der Waals surface area contributed by atoms with Crippen LogP contribution in [0.3, 0.4) is 0 Å². The Kier molecular flexibility index (Phi) is 6.47. The lowest BCUT2D eigenvalue weighted by Crippen LogP contribution is -2.29. The van der Waals surface area contributed by atoms with Gasteiger partial charge in [0.15, 0.2) is 0 Å². The van der Waals surface area contributed by atoms with Gasteiger partial charge in [-0.05, 0) is 37.6 Å². The lowest BCUT2D eigenvalue weighted by atomic mass is 10.1. The number of ether oxygens (including phenoxy) is 1. The van der Waals surface area contributed by atoms with Gasteiger partial charge in [0.1, 0.15) is 11.9 Å². The van der Waals surface area contributed by atoms with Gasteiger partial charge in [0.05, 0.1) is 6.42 Å². The van der Waals surface area contributed by atoms with Crippen molar-refractivity contribution in [1.29, 1.82) is 0 Å². The zero-order chi connectivity index (χ0) is 16.7. The molecule has 0 fully saturated rings. The molecule has 0 saturated carbocycles. The third kappa shape index (κ3) is 4.73. The molecule has 5 heteroatoms. The van der Waals surface area contributed by atoms with Crippen molar-refractivity contribution in [2.75, 3.05) is 13.1 Å². The summed E-state index contributed by atoms with van der Waals surface area (Å²) >= 11 is 0. The van der Waals surface area contributed by atoms with E-state index in [0.717, 1.165) is 36.0 Å². The van der Waals surface area contributed by atoms with E-state index in [1.807, 2.05) is 25.3 Å². The number of amides is 1. The molecule has 1 heterocycles. The number of aromatic nitrogens is 1. The summed E-state index contributed by atoms with van der Waals surface area (Å²) in [6, 6.07) is 8.12. The van der Waals surface area contributed by atoms with Crippen LogP contribution in [0.15, 0.2) is 30.5 Å². The summed E-state index contributed by atoms with van der Waals surface area (Å²) in [4.78, 5) is 11.8. The highest BCUT2D eigenvalue weighted by Gasteiger charge is 2.15. The summed E-state index contributed by atoms with van der Waals surface area (Å²) in [7, 11) is 0. The summed E-state index contributed by atoms with van der Waals surface area (Å²) in [5.41, 5.74) is 6.78. The Hall–Kier alpha value is -2.01. The van der Waals surface area contributed by atoms with Gasteiger partial charge >= 0.3 is 0 Å². The van der Waals surface area contributed by atoms with Crippen LogP contribution >= 0.6 is 0 Å². The number of nitrogens with zero attached hydrogens (tertiary/aromatic N) is 1. The van der Waals surface area contributed by atoms with Crippen LogP contribution in [0.5, 0.6) is 5.75 Å². The molecule has 0 aliphatic carbocycles. The van der Waals surface area contributed by atoms with E-state index in [-0.39, 0.29) is 12.0 Å². The molecule has 0 aliphatic rings. The molecule has 1 amide bonds. The van der Waals surface area contributed by atoms with Gasteiger partial charge in [-0.25, -0.2) is 0 Å². The average Bonchev–Trinajstić information content (AvgIpc) is 2.90. The molecule has 2 rings (SSSR count). The Morgan fingerprint density at radius 2 is 2.17 bits per heavy atom. The quantitative estimate of drug-likeness (QED) is 0.747. The lowest BCUT2D eigenvalue weighted by molar-refractivity contribution is -0.122. The van der Waals surface area contributed by atoms with E-state index in [0.29, 0.717) is 19.5 Å². The maximum absolute atomic E-state index is 11.8. The molecule has 1 aromatic heterocycles. The third-order valence-corrected chi connectivity index (χ3v) is 3.81. The SMILES string of the molecule is CCCC(CC(=O)NCC)Oc1ccc2c(ccn2CCN)c1. The fraction of sp³-hybridized carbons (Fsp3) is 0.500. The fourth-order valence-corrected chi connectivity index (χ4v) is 2.78. The first-order valence-corrected chi connectivity index (χ1v) is 8.40. The molecular weight excluding hydrogens is 290 g/mol. The Morgan fingerprint density at radius 1 is 1.35 bits per heavy atom. The first-order chi connectivity index (χ1) is 11.2. The summed E-state index contributed by atoms with van der Waals surface area (Å²) in [5, 5.41) is 3.96. The summed E-state index contributed by atoms with van der Waals surface area (Å²) < 4.78 is 8.19. The highest BCUT2D eigenvalue weighted by atomic mass is 16.5. The maximum atomic E-state index is 11.8. The summed E-state index contributed by atoms with van der Waals surface area (Å²) in [6.07, 6.45) is 4.20. The van der Waals surface area contributed by atoms with Crippen molar-refractivity contribution in [3.05, 3.63) is 30.5 Å². The van der Waals surface area contributed by atoms with Crippen molar-refractivity contribution in [3.8, 4) is 5.75 Å². The number of benzene rings is 1. The molecule has 5 nitrogen and oxygen atoms in total. The van der Waals surface area contributed by atoms with Gasteiger partial charge < -0.3 is 20.4 Å². The highest BCUT2D eigenvalue weighted by Crippen LogP contribution is 2.24. The Labute approximate surface area is 137 Å². The number of carbonyl (C=O) groups is 1. The molecule has 126 valence electrons. The van der Waals surface area contributed by atoms with Crippen LogP contribution in [0, 0.1) is 0 Å². The second kappa shape index (κ2) is 8.58. The van der Waals surface area contributed by atoms with E-state index < -0.39 is 0 Å². The molecular formula is C18H27N3O2. The van der Waals surface area contributed by atoms with E-state index in [2.05, 4.69) is 28.9 Å². The molecule has 1 aromatic carbocycles. The van der Waals surface area contributed by atoms with Crippen LogP contribution < -0.4 is 15.8 Å². The van der Waals surface area contributed by atoms with Crippen LogP contribution in [0.25, 0.3) is 10.9 Å². The summed E-state index contributed by atoms with van der Waals surface area (Å²) in [6.45, 7) is 6.10. The van der Waals surface area contributed by atoms with E-state index in [9.17, 15) is 4.79 Å². The fourth-order valence-electron chi connectivity index (χ4n) is 2.78. The normalized spacial score (nSPS) is 12.3. The number of hydrogen-bond donors (Lipinski definition) is 2. The molecule has 0 bridgehead atoms.